The normalized spacial score (nSPS) is 25.5. The van der Waals surface area contributed by atoms with E-state index in [-0.39, 0.29) is 12.1 Å². The smallest absolute Gasteiger partial charge is 0.166 e. The van der Waals surface area contributed by atoms with Gasteiger partial charge in [0.1, 0.15) is 6.10 Å². The van der Waals surface area contributed by atoms with Gasteiger partial charge in [0, 0.05) is 23.0 Å². The van der Waals surface area contributed by atoms with Crippen molar-refractivity contribution in [3.63, 3.8) is 0 Å². The first-order chi connectivity index (χ1) is 11.2. The molecule has 2 heterocycles. The van der Waals surface area contributed by atoms with E-state index in [1.807, 2.05) is 36.4 Å². The Hall–Kier alpha value is -1.91. The highest BCUT2D eigenvalue weighted by Gasteiger charge is 2.43. The van der Waals surface area contributed by atoms with Crippen molar-refractivity contribution < 1.29 is 9.47 Å². The van der Waals surface area contributed by atoms with E-state index in [9.17, 15) is 0 Å². The number of halogens is 1. The first-order valence-electron chi connectivity index (χ1n) is 7.80. The summed E-state index contributed by atoms with van der Waals surface area (Å²) in [5.41, 5.74) is 5.89. The van der Waals surface area contributed by atoms with E-state index in [2.05, 4.69) is 23.4 Å². The Bertz CT molecular complexity index is 719. The number of rotatable bonds is 2. The molecule has 1 fully saturated rings. The first kappa shape index (κ1) is 14.7. The highest BCUT2D eigenvalue weighted by molar-refractivity contribution is 6.30. The van der Waals surface area contributed by atoms with Crippen molar-refractivity contribution in [2.45, 2.75) is 19.1 Å². The van der Waals surface area contributed by atoms with Gasteiger partial charge in [0.2, 0.25) is 0 Å². The van der Waals surface area contributed by atoms with E-state index in [0.717, 1.165) is 34.3 Å². The number of benzene rings is 2. The van der Waals surface area contributed by atoms with Gasteiger partial charge in [-0.25, -0.2) is 5.43 Å². The van der Waals surface area contributed by atoms with Crippen LogP contribution in [0.1, 0.15) is 18.5 Å². The standard InChI is InChI=1S/C18H19ClN2O2/c1-11-15-10-21(13-8-6-12(19)7-9-13)20-17(15)14-4-3-5-16(22-2)18(14)23-11/h3-9,11,15,17,20H,10H2,1-2H3. The molecule has 120 valence electrons. The van der Waals surface area contributed by atoms with Gasteiger partial charge in [-0.15, -0.1) is 0 Å². The fourth-order valence-corrected chi connectivity index (χ4v) is 3.62. The van der Waals surface area contributed by atoms with Crippen LogP contribution in [0, 0.1) is 5.92 Å². The number of methoxy groups -OCH3 is 1. The molecule has 4 nitrogen and oxygen atoms in total. The summed E-state index contributed by atoms with van der Waals surface area (Å²) >= 11 is 5.99. The van der Waals surface area contributed by atoms with Gasteiger partial charge in [-0.3, -0.25) is 0 Å². The Kier molecular flexibility index (Phi) is 3.58. The van der Waals surface area contributed by atoms with Crippen molar-refractivity contribution in [3.05, 3.63) is 53.1 Å². The molecule has 0 spiro atoms. The summed E-state index contributed by atoms with van der Waals surface area (Å²) < 4.78 is 11.6. The zero-order chi connectivity index (χ0) is 16.0. The molecule has 0 radical (unpaired) electrons. The Balaban J connectivity index is 1.68. The molecular formula is C18H19ClN2O2. The van der Waals surface area contributed by atoms with Crippen LogP contribution >= 0.6 is 11.6 Å². The Morgan fingerprint density at radius 3 is 2.74 bits per heavy atom. The molecule has 0 bridgehead atoms. The van der Waals surface area contributed by atoms with Gasteiger partial charge < -0.3 is 14.5 Å². The second kappa shape index (κ2) is 5.62. The molecule has 0 amide bonds. The first-order valence-corrected chi connectivity index (χ1v) is 8.18. The number of para-hydroxylation sites is 1. The minimum absolute atomic E-state index is 0.119. The largest absolute Gasteiger partial charge is 0.493 e. The van der Waals surface area contributed by atoms with E-state index in [1.165, 1.54) is 0 Å². The molecule has 1 N–H and O–H groups in total. The van der Waals surface area contributed by atoms with Crippen LogP contribution in [0.5, 0.6) is 11.5 Å². The van der Waals surface area contributed by atoms with Crippen molar-refractivity contribution in [2.75, 3.05) is 18.7 Å². The zero-order valence-corrected chi connectivity index (χ0v) is 13.9. The SMILES string of the molecule is COc1cccc2c1OC(C)C1CN(c3ccc(Cl)cc3)NC21. The van der Waals surface area contributed by atoms with E-state index < -0.39 is 0 Å². The van der Waals surface area contributed by atoms with Crippen molar-refractivity contribution in [1.29, 1.82) is 0 Å². The monoisotopic (exact) mass is 330 g/mol. The third kappa shape index (κ3) is 2.42. The van der Waals surface area contributed by atoms with Gasteiger partial charge in [-0.05, 0) is 37.3 Å². The molecule has 0 aliphatic carbocycles. The van der Waals surface area contributed by atoms with Crippen LogP contribution in [0.4, 0.5) is 5.69 Å². The van der Waals surface area contributed by atoms with Crippen molar-refractivity contribution in [3.8, 4) is 11.5 Å². The number of hydrogen-bond acceptors (Lipinski definition) is 4. The van der Waals surface area contributed by atoms with Crippen LogP contribution < -0.4 is 19.9 Å². The number of nitrogens with one attached hydrogen (secondary N) is 1. The lowest BCUT2D eigenvalue weighted by Crippen LogP contribution is -2.35. The van der Waals surface area contributed by atoms with Gasteiger partial charge in [0.05, 0.1) is 18.8 Å². The average Bonchev–Trinajstić information content (AvgIpc) is 3.01. The molecule has 2 aliphatic heterocycles. The third-order valence-corrected chi connectivity index (χ3v) is 4.98. The lowest BCUT2D eigenvalue weighted by atomic mass is 9.87. The second-order valence-corrected chi connectivity index (χ2v) is 6.50. The van der Waals surface area contributed by atoms with Crippen molar-refractivity contribution in [1.82, 2.24) is 5.43 Å². The molecule has 2 aromatic rings. The Morgan fingerprint density at radius 1 is 1.22 bits per heavy atom. The molecule has 2 aliphatic rings. The van der Waals surface area contributed by atoms with E-state index >= 15 is 0 Å². The molecule has 0 saturated carbocycles. The number of hydrogen-bond donors (Lipinski definition) is 1. The molecular weight excluding hydrogens is 312 g/mol. The maximum absolute atomic E-state index is 6.16. The zero-order valence-electron chi connectivity index (χ0n) is 13.1. The highest BCUT2D eigenvalue weighted by Crippen LogP contribution is 2.46. The third-order valence-electron chi connectivity index (χ3n) is 4.73. The van der Waals surface area contributed by atoms with Gasteiger partial charge >= 0.3 is 0 Å². The van der Waals surface area contributed by atoms with Gasteiger partial charge in [0.15, 0.2) is 11.5 Å². The molecule has 3 unspecified atom stereocenters. The maximum atomic E-state index is 6.16. The fourth-order valence-electron chi connectivity index (χ4n) is 3.49. The van der Waals surface area contributed by atoms with Gasteiger partial charge in [0.25, 0.3) is 0 Å². The summed E-state index contributed by atoms with van der Waals surface area (Å²) in [6.45, 7) is 3.02. The summed E-state index contributed by atoms with van der Waals surface area (Å²) in [5.74, 6) is 2.03. The van der Waals surface area contributed by atoms with E-state index in [0.29, 0.717) is 5.92 Å². The number of hydrazine groups is 1. The van der Waals surface area contributed by atoms with Crippen LogP contribution in [-0.2, 0) is 0 Å². The summed E-state index contributed by atoms with van der Waals surface area (Å²) in [5, 5.41) is 2.93. The molecule has 2 aromatic carbocycles. The van der Waals surface area contributed by atoms with Gasteiger partial charge in [-0.1, -0.05) is 23.7 Å². The van der Waals surface area contributed by atoms with E-state index in [1.54, 1.807) is 7.11 Å². The number of ether oxygens (including phenoxy) is 2. The lowest BCUT2D eigenvalue weighted by Gasteiger charge is -2.33. The minimum Gasteiger partial charge on any atom is -0.493 e. The Labute approximate surface area is 140 Å². The topological polar surface area (TPSA) is 33.7 Å². The Morgan fingerprint density at radius 2 is 2.00 bits per heavy atom. The van der Waals surface area contributed by atoms with Crippen LogP contribution in [0.2, 0.25) is 5.02 Å². The summed E-state index contributed by atoms with van der Waals surface area (Å²) in [4.78, 5) is 0. The molecule has 0 aromatic heterocycles. The van der Waals surface area contributed by atoms with E-state index in [4.69, 9.17) is 21.1 Å². The fraction of sp³-hybridized carbons (Fsp3) is 0.333. The predicted octanol–water partition coefficient (Wildman–Crippen LogP) is 3.81. The number of fused-ring (bicyclic) bond motifs is 3. The van der Waals surface area contributed by atoms with Crippen LogP contribution in [0.15, 0.2) is 42.5 Å². The summed E-state index contributed by atoms with van der Waals surface area (Å²) in [6.07, 6.45) is 0.119. The highest BCUT2D eigenvalue weighted by atomic mass is 35.5. The number of nitrogens with zero attached hydrogens (tertiary/aromatic N) is 1. The molecule has 1 saturated heterocycles. The van der Waals surface area contributed by atoms with Crippen LogP contribution in [0.25, 0.3) is 0 Å². The molecule has 5 heteroatoms. The van der Waals surface area contributed by atoms with Crippen LogP contribution in [0.3, 0.4) is 0 Å². The van der Waals surface area contributed by atoms with Crippen LogP contribution in [-0.4, -0.2) is 19.8 Å². The number of anilines is 1. The average molecular weight is 331 g/mol. The molecule has 23 heavy (non-hydrogen) atoms. The minimum atomic E-state index is 0.119. The van der Waals surface area contributed by atoms with Gasteiger partial charge in [-0.2, -0.15) is 0 Å². The maximum Gasteiger partial charge on any atom is 0.166 e. The lowest BCUT2D eigenvalue weighted by molar-refractivity contribution is 0.118. The quantitative estimate of drug-likeness (QED) is 0.908. The summed E-state index contributed by atoms with van der Waals surface area (Å²) in [6, 6.07) is 14.2. The second-order valence-electron chi connectivity index (χ2n) is 6.06. The predicted molar refractivity (Wildman–Crippen MR) is 91.2 cm³/mol. The van der Waals surface area contributed by atoms with Crippen molar-refractivity contribution >= 4 is 17.3 Å². The molecule has 4 rings (SSSR count). The van der Waals surface area contributed by atoms with Crippen molar-refractivity contribution in [2.24, 2.45) is 5.92 Å². The summed E-state index contributed by atoms with van der Waals surface area (Å²) in [7, 11) is 1.68. The molecule has 3 atom stereocenters.